The molecule has 136 valence electrons. The Morgan fingerprint density at radius 3 is 2.35 bits per heavy atom. The normalized spacial score (nSPS) is 11.7. The van der Waals surface area contributed by atoms with Crippen LogP contribution in [0.2, 0.25) is 0 Å². The molecule has 0 fully saturated rings. The van der Waals surface area contributed by atoms with Gasteiger partial charge in [0.05, 0.1) is 17.7 Å². The van der Waals surface area contributed by atoms with E-state index in [2.05, 4.69) is 5.10 Å². The van der Waals surface area contributed by atoms with E-state index in [0.29, 0.717) is 17.0 Å². The molecule has 1 aromatic heterocycles. The van der Waals surface area contributed by atoms with Crippen LogP contribution in [0.1, 0.15) is 12.0 Å². The fourth-order valence-corrected chi connectivity index (χ4v) is 3.90. The van der Waals surface area contributed by atoms with Crippen LogP contribution >= 0.6 is 0 Å². The van der Waals surface area contributed by atoms with Crippen LogP contribution in [0.15, 0.2) is 59.8 Å². The summed E-state index contributed by atoms with van der Waals surface area (Å²) in [6, 6.07) is 10.9. The largest absolute Gasteiger partial charge is 0.497 e. The van der Waals surface area contributed by atoms with Crippen LogP contribution in [0.4, 0.5) is 8.78 Å². The summed E-state index contributed by atoms with van der Waals surface area (Å²) in [5, 5.41) is 4.04. The molecule has 0 radical (unpaired) electrons. The third-order valence-corrected chi connectivity index (χ3v) is 5.08. The summed E-state index contributed by atoms with van der Waals surface area (Å²) in [6.07, 6.45) is 1.09. The van der Waals surface area contributed by atoms with Crippen molar-refractivity contribution in [1.29, 1.82) is 0 Å². The molecule has 0 atom stereocenters. The smallest absolute Gasteiger partial charge is 0.265 e. The van der Waals surface area contributed by atoms with Gasteiger partial charge in [-0.2, -0.15) is 5.10 Å². The van der Waals surface area contributed by atoms with E-state index in [-0.39, 0.29) is 10.5 Å². The minimum Gasteiger partial charge on any atom is -0.497 e. The molecule has 0 saturated carbocycles. The topological polar surface area (TPSA) is 61.2 Å². The highest BCUT2D eigenvalue weighted by molar-refractivity contribution is 7.91. The van der Waals surface area contributed by atoms with Gasteiger partial charge in [0.15, 0.2) is 9.84 Å². The summed E-state index contributed by atoms with van der Waals surface area (Å²) in [6.45, 7) is 0. The van der Waals surface area contributed by atoms with E-state index in [1.807, 2.05) is 0 Å². The first-order valence-electron chi connectivity index (χ1n) is 7.62. The number of hydrogen-bond donors (Lipinski definition) is 0. The maximum atomic E-state index is 13.7. The predicted molar refractivity (Wildman–Crippen MR) is 93.6 cm³/mol. The lowest BCUT2D eigenvalue weighted by Crippen LogP contribution is -2.08. The van der Waals surface area contributed by atoms with Gasteiger partial charge in [-0.25, -0.2) is 21.9 Å². The van der Waals surface area contributed by atoms with Gasteiger partial charge in [0.2, 0.25) is 0 Å². The van der Waals surface area contributed by atoms with Crippen molar-refractivity contribution in [2.45, 2.75) is 11.3 Å². The van der Waals surface area contributed by atoms with Gasteiger partial charge in [-0.05, 0) is 35.9 Å². The Hall–Kier alpha value is -2.74. The second-order valence-corrected chi connectivity index (χ2v) is 7.62. The molecule has 0 bridgehead atoms. The molecule has 3 aromatic rings. The highest BCUT2D eigenvalue weighted by Gasteiger charge is 2.26. The highest BCUT2D eigenvalue weighted by Crippen LogP contribution is 2.37. The number of alkyl halides is 2. The van der Waals surface area contributed by atoms with Crippen molar-refractivity contribution in [1.82, 2.24) is 9.78 Å². The second kappa shape index (κ2) is 6.87. The van der Waals surface area contributed by atoms with Crippen molar-refractivity contribution < 1.29 is 21.9 Å². The van der Waals surface area contributed by atoms with Gasteiger partial charge in [0.1, 0.15) is 5.75 Å². The molecule has 1 heterocycles. The molecule has 3 rings (SSSR count). The number of nitrogens with zero attached hydrogens (tertiary/aromatic N) is 2. The molecule has 0 N–H and O–H groups in total. The fourth-order valence-electron chi connectivity index (χ4n) is 2.75. The summed E-state index contributed by atoms with van der Waals surface area (Å²) in [5.74, 6) is 0.576. The van der Waals surface area contributed by atoms with Crippen molar-refractivity contribution in [3.8, 4) is 22.6 Å². The Balaban J connectivity index is 2.34. The third-order valence-electron chi connectivity index (χ3n) is 3.88. The number of hydrogen-bond acceptors (Lipinski definition) is 4. The maximum Gasteiger partial charge on any atom is 0.265 e. The molecule has 8 heteroatoms. The Kier molecular flexibility index (Phi) is 4.78. The number of halogens is 2. The van der Waals surface area contributed by atoms with Crippen molar-refractivity contribution >= 4 is 9.84 Å². The first kappa shape index (κ1) is 18.1. The number of sulfone groups is 1. The minimum absolute atomic E-state index is 0.193. The van der Waals surface area contributed by atoms with Gasteiger partial charge in [0, 0.05) is 29.8 Å². The summed E-state index contributed by atoms with van der Waals surface area (Å²) in [7, 11) is -2.40. The SMILES string of the molecule is COc1ccc(-c2cc(-n3cccn3)cc(C(F)F)c2S(C)(=O)=O)cc1. The van der Waals surface area contributed by atoms with Crippen LogP contribution in [0.3, 0.4) is 0 Å². The van der Waals surface area contributed by atoms with Crippen molar-refractivity contribution in [2.75, 3.05) is 13.4 Å². The quantitative estimate of drug-likeness (QED) is 0.676. The van der Waals surface area contributed by atoms with Gasteiger partial charge >= 0.3 is 0 Å². The molecule has 26 heavy (non-hydrogen) atoms. The second-order valence-electron chi connectivity index (χ2n) is 5.66. The molecular weight excluding hydrogens is 362 g/mol. The summed E-state index contributed by atoms with van der Waals surface area (Å²) in [5.41, 5.74) is 0.482. The van der Waals surface area contributed by atoms with Crippen LogP contribution in [0.5, 0.6) is 5.75 Å². The lowest BCUT2D eigenvalue weighted by Gasteiger charge is -2.16. The minimum atomic E-state index is -3.90. The van der Waals surface area contributed by atoms with Crippen LogP contribution in [-0.2, 0) is 9.84 Å². The van der Waals surface area contributed by atoms with E-state index >= 15 is 0 Å². The number of aromatic nitrogens is 2. The van der Waals surface area contributed by atoms with Gasteiger partial charge in [-0.1, -0.05) is 12.1 Å². The van der Waals surface area contributed by atoms with Crippen molar-refractivity contribution in [2.24, 2.45) is 0 Å². The van der Waals surface area contributed by atoms with Crippen LogP contribution in [0.25, 0.3) is 16.8 Å². The monoisotopic (exact) mass is 378 g/mol. The Labute approximate surface area is 149 Å². The molecular formula is C18H16F2N2O3S. The molecule has 0 aliphatic rings. The number of benzene rings is 2. The van der Waals surface area contributed by atoms with Gasteiger partial charge < -0.3 is 4.74 Å². The Morgan fingerprint density at radius 1 is 1.15 bits per heavy atom. The molecule has 0 spiro atoms. The van der Waals surface area contributed by atoms with E-state index in [1.54, 1.807) is 36.5 Å². The first-order chi connectivity index (χ1) is 12.3. The van der Waals surface area contributed by atoms with E-state index in [0.717, 1.165) is 12.3 Å². The Bertz CT molecular complexity index is 1020. The molecule has 0 saturated heterocycles. The Morgan fingerprint density at radius 2 is 1.85 bits per heavy atom. The molecule has 5 nitrogen and oxygen atoms in total. The van der Waals surface area contributed by atoms with E-state index in [1.165, 1.54) is 24.1 Å². The van der Waals surface area contributed by atoms with Crippen LogP contribution in [-0.4, -0.2) is 31.6 Å². The first-order valence-corrected chi connectivity index (χ1v) is 9.51. The number of ether oxygens (including phenoxy) is 1. The average Bonchev–Trinajstić information content (AvgIpc) is 3.14. The average molecular weight is 378 g/mol. The fraction of sp³-hybridized carbons (Fsp3) is 0.167. The predicted octanol–water partition coefficient (Wildman–Crippen LogP) is 3.89. The third kappa shape index (κ3) is 3.45. The molecule has 0 aliphatic carbocycles. The van der Waals surface area contributed by atoms with Crippen molar-refractivity contribution in [3.05, 3.63) is 60.4 Å². The van der Waals surface area contributed by atoms with Gasteiger partial charge in [0.25, 0.3) is 6.43 Å². The zero-order chi connectivity index (χ0) is 18.9. The van der Waals surface area contributed by atoms with Gasteiger partial charge in [-0.3, -0.25) is 0 Å². The molecule has 2 aromatic carbocycles. The van der Waals surface area contributed by atoms with Gasteiger partial charge in [-0.15, -0.1) is 0 Å². The maximum absolute atomic E-state index is 13.7. The van der Waals surface area contributed by atoms with Crippen molar-refractivity contribution in [3.63, 3.8) is 0 Å². The molecule has 0 aliphatic heterocycles. The lowest BCUT2D eigenvalue weighted by atomic mass is 10.0. The lowest BCUT2D eigenvalue weighted by molar-refractivity contribution is 0.148. The number of rotatable bonds is 5. The molecule has 0 unspecified atom stereocenters. The summed E-state index contributed by atoms with van der Waals surface area (Å²) < 4.78 is 58.4. The van der Waals surface area contributed by atoms with Crippen LogP contribution < -0.4 is 4.74 Å². The van der Waals surface area contributed by atoms with E-state index in [4.69, 9.17) is 4.74 Å². The summed E-state index contributed by atoms with van der Waals surface area (Å²) >= 11 is 0. The zero-order valence-corrected chi connectivity index (χ0v) is 14.9. The highest BCUT2D eigenvalue weighted by atomic mass is 32.2. The molecule has 0 amide bonds. The standard InChI is InChI=1S/C18H16F2N2O3S/c1-25-14-6-4-12(5-7-14)15-10-13(22-9-3-8-21-22)11-16(18(19)20)17(15)26(2,23)24/h3-11,18H,1-2H3. The summed E-state index contributed by atoms with van der Waals surface area (Å²) in [4.78, 5) is -0.381. The number of methoxy groups -OCH3 is 1. The van der Waals surface area contributed by atoms with Crippen LogP contribution in [0, 0.1) is 0 Å². The van der Waals surface area contributed by atoms with E-state index in [9.17, 15) is 17.2 Å². The zero-order valence-electron chi connectivity index (χ0n) is 14.1. The van der Waals surface area contributed by atoms with E-state index < -0.39 is 21.8 Å².